The minimum Gasteiger partial charge on any atom is -0.497 e. The largest absolute Gasteiger partial charge is 0.497 e. The van der Waals surface area contributed by atoms with Crippen molar-refractivity contribution in [2.45, 2.75) is 70.4 Å². The number of hydrogen-bond acceptors (Lipinski definition) is 4. The van der Waals surface area contributed by atoms with E-state index in [-0.39, 0.29) is 12.1 Å². The highest BCUT2D eigenvalue weighted by atomic mass is 16.6. The van der Waals surface area contributed by atoms with Crippen LogP contribution in [0, 0.1) is 5.92 Å². The summed E-state index contributed by atoms with van der Waals surface area (Å²) < 4.78 is 10.6. The zero-order valence-corrected chi connectivity index (χ0v) is 17.9. The average Bonchev–Trinajstić information content (AvgIpc) is 3.07. The third-order valence-electron chi connectivity index (χ3n) is 5.95. The minimum atomic E-state index is -0.434. The van der Waals surface area contributed by atoms with E-state index < -0.39 is 5.60 Å². The van der Waals surface area contributed by atoms with Gasteiger partial charge in [-0.2, -0.15) is 0 Å². The van der Waals surface area contributed by atoms with Crippen molar-refractivity contribution in [3.8, 4) is 5.75 Å². The second-order valence-electron chi connectivity index (χ2n) is 9.37. The Morgan fingerprint density at radius 3 is 2.39 bits per heavy atom. The Hall–Kier alpha value is -1.75. The highest BCUT2D eigenvalue weighted by molar-refractivity contribution is 5.68. The summed E-state index contributed by atoms with van der Waals surface area (Å²) in [5.74, 6) is 2.27. The summed E-state index contributed by atoms with van der Waals surface area (Å²) in [5, 5.41) is 3.05. The fourth-order valence-electron chi connectivity index (χ4n) is 4.54. The molecule has 2 atom stereocenters. The molecule has 156 valence electrons. The second-order valence-corrected chi connectivity index (χ2v) is 9.37. The molecule has 1 heterocycles. The Morgan fingerprint density at radius 2 is 1.79 bits per heavy atom. The first-order valence-electron chi connectivity index (χ1n) is 10.7. The van der Waals surface area contributed by atoms with E-state index in [4.69, 9.17) is 9.47 Å². The average molecular weight is 389 g/mol. The lowest BCUT2D eigenvalue weighted by Crippen LogP contribution is -2.39. The fraction of sp³-hybridized carbons (Fsp3) is 0.696. The lowest BCUT2D eigenvalue weighted by Gasteiger charge is -2.33. The summed E-state index contributed by atoms with van der Waals surface area (Å²) in [5.41, 5.74) is 0.999. The normalized spacial score (nSPS) is 24.1. The number of carbonyl (C=O) groups excluding carboxylic acids is 1. The number of alkyl carbamates (subject to hydrolysis) is 1. The number of nitrogens with zero attached hydrogens (tertiary/aromatic N) is 1. The van der Waals surface area contributed by atoms with Gasteiger partial charge in [-0.25, -0.2) is 4.79 Å². The van der Waals surface area contributed by atoms with Crippen molar-refractivity contribution >= 4 is 6.09 Å². The van der Waals surface area contributed by atoms with E-state index in [1.165, 1.54) is 24.8 Å². The minimum absolute atomic E-state index is 0.261. The Balaban J connectivity index is 1.38. The number of amides is 1. The fourth-order valence-corrected chi connectivity index (χ4v) is 4.54. The summed E-state index contributed by atoms with van der Waals surface area (Å²) in [4.78, 5) is 14.6. The molecule has 0 bridgehead atoms. The molecule has 1 saturated carbocycles. The van der Waals surface area contributed by atoms with Gasteiger partial charge in [0.1, 0.15) is 11.4 Å². The van der Waals surface area contributed by atoms with Crippen LogP contribution >= 0.6 is 0 Å². The van der Waals surface area contributed by atoms with Crippen molar-refractivity contribution < 1.29 is 14.3 Å². The van der Waals surface area contributed by atoms with E-state index in [0.717, 1.165) is 38.2 Å². The van der Waals surface area contributed by atoms with Crippen LogP contribution in [0.5, 0.6) is 5.75 Å². The van der Waals surface area contributed by atoms with Gasteiger partial charge in [0.25, 0.3) is 0 Å². The van der Waals surface area contributed by atoms with Crippen LogP contribution in [-0.2, 0) is 4.74 Å². The number of hydrogen-bond donors (Lipinski definition) is 1. The zero-order valence-electron chi connectivity index (χ0n) is 17.9. The number of ether oxygens (including phenoxy) is 2. The predicted octanol–water partition coefficient (Wildman–Crippen LogP) is 4.57. The molecule has 0 radical (unpaired) electrons. The molecule has 2 fully saturated rings. The second kappa shape index (κ2) is 9.17. The van der Waals surface area contributed by atoms with Gasteiger partial charge >= 0.3 is 6.09 Å². The maximum absolute atomic E-state index is 12.0. The Bertz CT molecular complexity index is 630. The lowest BCUT2D eigenvalue weighted by molar-refractivity contribution is 0.0504. The first-order valence-corrected chi connectivity index (χ1v) is 10.7. The van der Waals surface area contributed by atoms with Crippen LogP contribution < -0.4 is 10.1 Å². The van der Waals surface area contributed by atoms with E-state index in [1.807, 2.05) is 20.8 Å². The van der Waals surface area contributed by atoms with Gasteiger partial charge in [-0.15, -0.1) is 0 Å². The molecule has 28 heavy (non-hydrogen) atoms. The summed E-state index contributed by atoms with van der Waals surface area (Å²) in [6.07, 6.45) is 5.48. The monoisotopic (exact) mass is 388 g/mol. The molecule has 1 saturated heterocycles. The zero-order chi connectivity index (χ0) is 20.1. The molecule has 2 aliphatic rings. The summed E-state index contributed by atoms with van der Waals surface area (Å²) in [7, 11) is 1.71. The maximum atomic E-state index is 12.0. The van der Waals surface area contributed by atoms with Crippen LogP contribution in [-0.4, -0.2) is 49.4 Å². The van der Waals surface area contributed by atoms with E-state index in [1.54, 1.807) is 7.11 Å². The Kier molecular flexibility index (Phi) is 6.86. The molecule has 3 rings (SSSR count). The topological polar surface area (TPSA) is 50.8 Å². The standard InChI is InChI=1S/C23H36N2O3/c1-23(2,3)28-22(26)24-20-8-5-17(15-20)16-25-13-11-19(12-14-25)18-6-9-21(27-4)10-7-18/h6-7,9-10,17,19-20H,5,8,11-16H2,1-4H3,(H,24,26)/t17-,20+/m1/s1. The molecule has 1 aliphatic carbocycles. The molecular formula is C23H36N2O3. The molecule has 5 nitrogen and oxygen atoms in total. The number of carbonyl (C=O) groups is 1. The molecular weight excluding hydrogens is 352 g/mol. The van der Waals surface area contributed by atoms with E-state index in [9.17, 15) is 4.79 Å². The number of methoxy groups -OCH3 is 1. The Labute approximate surface area is 169 Å². The highest BCUT2D eigenvalue weighted by Crippen LogP contribution is 2.32. The third-order valence-corrected chi connectivity index (χ3v) is 5.95. The van der Waals surface area contributed by atoms with Crippen LogP contribution in [0.15, 0.2) is 24.3 Å². The van der Waals surface area contributed by atoms with Gasteiger partial charge < -0.3 is 19.7 Å². The molecule has 1 aromatic rings. The first-order chi connectivity index (χ1) is 13.3. The van der Waals surface area contributed by atoms with Crippen molar-refractivity contribution in [1.29, 1.82) is 0 Å². The van der Waals surface area contributed by atoms with Gasteiger partial charge in [0, 0.05) is 12.6 Å². The van der Waals surface area contributed by atoms with Crippen molar-refractivity contribution in [3.63, 3.8) is 0 Å². The van der Waals surface area contributed by atoms with Gasteiger partial charge in [-0.05, 0) is 95.5 Å². The van der Waals surface area contributed by atoms with Crippen molar-refractivity contribution in [3.05, 3.63) is 29.8 Å². The summed E-state index contributed by atoms with van der Waals surface area (Å²) >= 11 is 0. The summed E-state index contributed by atoms with van der Waals surface area (Å²) in [6, 6.07) is 8.82. The predicted molar refractivity (Wildman–Crippen MR) is 112 cm³/mol. The molecule has 0 spiro atoms. The van der Waals surface area contributed by atoms with Gasteiger partial charge in [0.05, 0.1) is 7.11 Å². The van der Waals surface area contributed by atoms with Crippen molar-refractivity contribution in [2.24, 2.45) is 5.92 Å². The molecule has 1 aliphatic heterocycles. The SMILES string of the molecule is COc1ccc(C2CCN(C[C@@H]3CC[C@H](NC(=O)OC(C)(C)C)C3)CC2)cc1. The molecule has 5 heteroatoms. The number of nitrogens with one attached hydrogen (secondary N) is 1. The van der Waals surface area contributed by atoms with Crippen molar-refractivity contribution in [1.82, 2.24) is 10.2 Å². The number of likely N-dealkylation sites (tertiary alicyclic amines) is 1. The van der Waals surface area contributed by atoms with Crippen molar-refractivity contribution in [2.75, 3.05) is 26.7 Å². The highest BCUT2D eigenvalue weighted by Gasteiger charge is 2.30. The van der Waals surface area contributed by atoms with Crippen LogP contribution in [0.1, 0.15) is 64.4 Å². The third kappa shape index (κ3) is 6.13. The molecule has 0 unspecified atom stereocenters. The number of rotatable bonds is 5. The lowest BCUT2D eigenvalue weighted by atomic mass is 9.89. The Morgan fingerprint density at radius 1 is 1.11 bits per heavy atom. The number of piperidine rings is 1. The van der Waals surface area contributed by atoms with E-state index in [2.05, 4.69) is 34.5 Å². The molecule has 1 amide bonds. The van der Waals surface area contributed by atoms with Gasteiger partial charge in [-0.3, -0.25) is 0 Å². The van der Waals surface area contributed by atoms with Crippen LogP contribution in [0.4, 0.5) is 4.79 Å². The van der Waals surface area contributed by atoms with Crippen LogP contribution in [0.3, 0.4) is 0 Å². The summed E-state index contributed by atoms with van der Waals surface area (Å²) in [6.45, 7) is 9.19. The quantitative estimate of drug-likeness (QED) is 0.803. The number of benzene rings is 1. The van der Waals surface area contributed by atoms with Gasteiger partial charge in [0.15, 0.2) is 0 Å². The van der Waals surface area contributed by atoms with E-state index >= 15 is 0 Å². The molecule has 1 N–H and O–H groups in total. The smallest absolute Gasteiger partial charge is 0.407 e. The molecule has 0 aromatic heterocycles. The van der Waals surface area contributed by atoms with Gasteiger partial charge in [-0.1, -0.05) is 12.1 Å². The molecule has 1 aromatic carbocycles. The maximum Gasteiger partial charge on any atom is 0.407 e. The van der Waals surface area contributed by atoms with Gasteiger partial charge in [0.2, 0.25) is 0 Å². The van der Waals surface area contributed by atoms with E-state index in [0.29, 0.717) is 11.8 Å². The van der Waals surface area contributed by atoms with Crippen LogP contribution in [0.2, 0.25) is 0 Å². The van der Waals surface area contributed by atoms with Crippen LogP contribution in [0.25, 0.3) is 0 Å². The first kappa shape index (κ1) is 21.0.